The smallest absolute Gasteiger partial charge is 0.317 e. The van der Waals surface area contributed by atoms with E-state index in [0.717, 1.165) is 32.4 Å². The van der Waals surface area contributed by atoms with Crippen molar-refractivity contribution in [2.45, 2.75) is 51.5 Å². The number of carbonyl (C=O) groups is 1. The molecule has 1 fully saturated rings. The van der Waals surface area contributed by atoms with E-state index in [1.165, 1.54) is 12.8 Å². The maximum atomic E-state index is 11.9. The lowest BCUT2D eigenvalue weighted by molar-refractivity contribution is 0.190. The van der Waals surface area contributed by atoms with Gasteiger partial charge in [-0.25, -0.2) is 4.79 Å². The summed E-state index contributed by atoms with van der Waals surface area (Å²) in [6.07, 6.45) is 6.22. The average Bonchev–Trinajstić information content (AvgIpc) is 2.56. The van der Waals surface area contributed by atoms with Crippen molar-refractivity contribution in [3.63, 3.8) is 0 Å². The van der Waals surface area contributed by atoms with Crippen molar-refractivity contribution in [1.82, 2.24) is 10.2 Å². The zero-order valence-corrected chi connectivity index (χ0v) is 10.2. The Morgan fingerprint density at radius 1 is 1.31 bits per heavy atom. The number of aliphatic hydroxyl groups is 1. The second kappa shape index (κ2) is 7.49. The predicted octanol–water partition coefficient (Wildman–Crippen LogP) is 1.73. The minimum absolute atomic E-state index is 0.0437. The van der Waals surface area contributed by atoms with E-state index in [-0.39, 0.29) is 18.7 Å². The maximum absolute atomic E-state index is 11.9. The molecule has 94 valence electrons. The molecule has 0 bridgehead atoms. The van der Waals surface area contributed by atoms with Gasteiger partial charge >= 0.3 is 6.03 Å². The number of nitrogens with zero attached hydrogens (tertiary/aromatic N) is 1. The van der Waals surface area contributed by atoms with Crippen molar-refractivity contribution in [2.24, 2.45) is 0 Å². The van der Waals surface area contributed by atoms with Gasteiger partial charge in [0.05, 0.1) is 0 Å². The molecule has 1 rings (SSSR count). The minimum Gasteiger partial charge on any atom is -0.396 e. The van der Waals surface area contributed by atoms with E-state index in [1.54, 1.807) is 0 Å². The molecular formula is C12H24N2O2. The summed E-state index contributed by atoms with van der Waals surface area (Å²) in [5.41, 5.74) is 0. The van der Waals surface area contributed by atoms with Crippen LogP contribution >= 0.6 is 0 Å². The average molecular weight is 228 g/mol. The monoisotopic (exact) mass is 228 g/mol. The van der Waals surface area contributed by atoms with E-state index in [1.807, 2.05) is 11.8 Å². The van der Waals surface area contributed by atoms with Gasteiger partial charge in [-0.1, -0.05) is 19.8 Å². The highest BCUT2D eigenvalue weighted by Crippen LogP contribution is 2.10. The fraction of sp³-hybridized carbons (Fsp3) is 0.917. The predicted molar refractivity (Wildman–Crippen MR) is 64.4 cm³/mol. The lowest BCUT2D eigenvalue weighted by Gasteiger charge is -2.24. The summed E-state index contributed by atoms with van der Waals surface area (Å²) in [6, 6.07) is 0.156. The van der Waals surface area contributed by atoms with Gasteiger partial charge in [0.1, 0.15) is 0 Å². The van der Waals surface area contributed by atoms with E-state index in [9.17, 15) is 4.79 Å². The van der Waals surface area contributed by atoms with Crippen LogP contribution in [0.1, 0.15) is 45.4 Å². The largest absolute Gasteiger partial charge is 0.396 e. The van der Waals surface area contributed by atoms with E-state index in [4.69, 9.17) is 5.11 Å². The first-order chi connectivity index (χ1) is 7.77. The molecule has 16 heavy (non-hydrogen) atoms. The molecule has 0 spiro atoms. The third kappa shape index (κ3) is 4.39. The number of hydrogen-bond donors (Lipinski definition) is 2. The van der Waals surface area contributed by atoms with Gasteiger partial charge in [-0.15, -0.1) is 0 Å². The van der Waals surface area contributed by atoms with Crippen LogP contribution in [0.25, 0.3) is 0 Å². The number of likely N-dealkylation sites (tertiary alicyclic amines) is 1. The van der Waals surface area contributed by atoms with Crippen LogP contribution in [0, 0.1) is 0 Å². The van der Waals surface area contributed by atoms with Crippen molar-refractivity contribution < 1.29 is 9.90 Å². The van der Waals surface area contributed by atoms with Gasteiger partial charge < -0.3 is 15.3 Å². The topological polar surface area (TPSA) is 52.6 Å². The molecule has 1 atom stereocenters. The summed E-state index contributed by atoms with van der Waals surface area (Å²) in [7, 11) is 0. The molecule has 2 N–H and O–H groups in total. The van der Waals surface area contributed by atoms with Gasteiger partial charge in [0.25, 0.3) is 0 Å². The Morgan fingerprint density at radius 2 is 1.94 bits per heavy atom. The highest BCUT2D eigenvalue weighted by Gasteiger charge is 2.17. The number of carbonyl (C=O) groups excluding carboxylic acids is 1. The molecule has 0 aliphatic carbocycles. The molecule has 2 amide bonds. The summed E-state index contributed by atoms with van der Waals surface area (Å²) in [6.45, 7) is 3.92. The van der Waals surface area contributed by atoms with Crippen molar-refractivity contribution in [3.05, 3.63) is 0 Å². The SMILES string of the molecule is CCC(CCO)NC(=O)N1CCCCCC1. The normalized spacial score (nSPS) is 19.0. The number of nitrogens with one attached hydrogen (secondary N) is 1. The lowest BCUT2D eigenvalue weighted by atomic mass is 10.1. The first kappa shape index (κ1) is 13.3. The Kier molecular flexibility index (Phi) is 6.23. The fourth-order valence-electron chi connectivity index (χ4n) is 2.07. The molecule has 1 heterocycles. The molecule has 1 aliphatic rings. The summed E-state index contributed by atoms with van der Waals surface area (Å²) in [5.74, 6) is 0. The van der Waals surface area contributed by atoms with Crippen molar-refractivity contribution >= 4 is 6.03 Å². The molecule has 0 aromatic heterocycles. The quantitative estimate of drug-likeness (QED) is 0.770. The van der Waals surface area contributed by atoms with Crippen LogP contribution in [0.15, 0.2) is 0 Å². The molecule has 1 saturated heterocycles. The number of urea groups is 1. The second-order valence-corrected chi connectivity index (χ2v) is 4.47. The Morgan fingerprint density at radius 3 is 2.44 bits per heavy atom. The third-order valence-corrected chi connectivity index (χ3v) is 3.19. The Hall–Kier alpha value is -0.770. The first-order valence-electron chi connectivity index (χ1n) is 6.44. The molecule has 0 radical (unpaired) electrons. The molecule has 0 aromatic rings. The highest BCUT2D eigenvalue weighted by atomic mass is 16.3. The standard InChI is InChI=1S/C12H24N2O2/c1-2-11(7-10-15)13-12(16)14-8-5-3-4-6-9-14/h11,15H,2-10H2,1H3,(H,13,16). The van der Waals surface area contributed by atoms with Gasteiger partial charge in [0.2, 0.25) is 0 Å². The Bertz CT molecular complexity index is 201. The maximum Gasteiger partial charge on any atom is 0.317 e. The third-order valence-electron chi connectivity index (χ3n) is 3.19. The number of hydrogen-bond acceptors (Lipinski definition) is 2. The molecule has 4 nitrogen and oxygen atoms in total. The van der Waals surface area contributed by atoms with E-state index < -0.39 is 0 Å². The van der Waals surface area contributed by atoms with Gasteiger partial charge in [-0.2, -0.15) is 0 Å². The molecule has 1 unspecified atom stereocenters. The van der Waals surface area contributed by atoms with Gasteiger partial charge in [-0.3, -0.25) is 0 Å². The van der Waals surface area contributed by atoms with Gasteiger partial charge in [0, 0.05) is 25.7 Å². The summed E-state index contributed by atoms with van der Waals surface area (Å²) in [4.78, 5) is 13.8. The van der Waals surface area contributed by atoms with Crippen LogP contribution in [0.5, 0.6) is 0 Å². The highest BCUT2D eigenvalue weighted by molar-refractivity contribution is 5.74. The van der Waals surface area contributed by atoms with Crippen LogP contribution in [0.2, 0.25) is 0 Å². The van der Waals surface area contributed by atoms with Crippen LogP contribution in [0.4, 0.5) is 4.79 Å². The van der Waals surface area contributed by atoms with Crippen LogP contribution in [0.3, 0.4) is 0 Å². The van der Waals surface area contributed by atoms with Crippen LogP contribution in [-0.2, 0) is 0 Å². The molecule has 4 heteroatoms. The Balaban J connectivity index is 2.36. The number of amides is 2. The van der Waals surface area contributed by atoms with Gasteiger partial charge in [0.15, 0.2) is 0 Å². The molecular weight excluding hydrogens is 204 g/mol. The number of rotatable bonds is 4. The van der Waals surface area contributed by atoms with E-state index >= 15 is 0 Å². The summed E-state index contributed by atoms with van der Waals surface area (Å²) >= 11 is 0. The van der Waals surface area contributed by atoms with Gasteiger partial charge in [-0.05, 0) is 25.7 Å². The number of aliphatic hydroxyl groups excluding tert-OH is 1. The molecule has 1 aliphatic heterocycles. The first-order valence-corrected chi connectivity index (χ1v) is 6.44. The summed E-state index contributed by atoms with van der Waals surface area (Å²) < 4.78 is 0. The summed E-state index contributed by atoms with van der Waals surface area (Å²) in [5, 5.41) is 11.9. The van der Waals surface area contributed by atoms with Crippen molar-refractivity contribution in [1.29, 1.82) is 0 Å². The second-order valence-electron chi connectivity index (χ2n) is 4.47. The van der Waals surface area contributed by atoms with E-state index in [2.05, 4.69) is 5.32 Å². The zero-order chi connectivity index (χ0) is 11.8. The van der Waals surface area contributed by atoms with Crippen molar-refractivity contribution in [2.75, 3.05) is 19.7 Å². The minimum atomic E-state index is 0.0437. The van der Waals surface area contributed by atoms with Crippen molar-refractivity contribution in [3.8, 4) is 0 Å². The van der Waals surface area contributed by atoms with E-state index in [0.29, 0.717) is 6.42 Å². The van der Waals surface area contributed by atoms with Crippen LogP contribution < -0.4 is 5.32 Å². The molecule has 0 aromatic carbocycles. The zero-order valence-electron chi connectivity index (χ0n) is 10.2. The lowest BCUT2D eigenvalue weighted by Crippen LogP contribution is -2.45. The van der Waals surface area contributed by atoms with Crippen LogP contribution in [-0.4, -0.2) is 41.8 Å². The fourth-order valence-corrected chi connectivity index (χ4v) is 2.07. The molecule has 0 saturated carbocycles. The Labute approximate surface area is 98.0 Å².